The summed E-state index contributed by atoms with van der Waals surface area (Å²) in [5.74, 6) is 0.00292. The molecule has 0 aliphatic carbocycles. The van der Waals surface area contributed by atoms with E-state index < -0.39 is 5.82 Å². The third-order valence-electron chi connectivity index (χ3n) is 4.93. The number of carbonyl (C=O) groups is 1. The highest BCUT2D eigenvalue weighted by atomic mass is 19.1. The highest BCUT2D eigenvalue weighted by Gasteiger charge is 2.44. The van der Waals surface area contributed by atoms with Gasteiger partial charge in [-0.2, -0.15) is 0 Å². The minimum Gasteiger partial charge on any atom is -0.318 e. The third kappa shape index (κ3) is 2.50. The van der Waals surface area contributed by atoms with E-state index in [0.29, 0.717) is 29.0 Å². The van der Waals surface area contributed by atoms with Gasteiger partial charge in [-0.25, -0.2) is 24.1 Å². The number of rotatable bonds is 2. The van der Waals surface area contributed by atoms with Gasteiger partial charge in [0, 0.05) is 17.6 Å². The summed E-state index contributed by atoms with van der Waals surface area (Å²) in [6.45, 7) is 1.79. The quantitative estimate of drug-likeness (QED) is 0.920. The number of benzene rings is 1. The number of amides is 2. The van der Waals surface area contributed by atoms with Gasteiger partial charge >= 0.3 is 6.03 Å². The van der Waals surface area contributed by atoms with Crippen LogP contribution in [0.2, 0.25) is 0 Å². The van der Waals surface area contributed by atoms with E-state index in [0.717, 1.165) is 19.3 Å². The van der Waals surface area contributed by atoms with Gasteiger partial charge in [0.25, 0.3) is 0 Å². The highest BCUT2D eigenvalue weighted by molar-refractivity contribution is 5.91. The minimum atomic E-state index is -0.454. The molecule has 0 spiro atoms. The molecule has 0 saturated carbocycles. The maximum Gasteiger partial charge on any atom is 0.322 e. The van der Waals surface area contributed by atoms with E-state index in [2.05, 4.69) is 20.3 Å². The number of fused-ring (bicyclic) bond motifs is 2. The number of aromatic nitrogens is 3. The summed E-state index contributed by atoms with van der Waals surface area (Å²) in [4.78, 5) is 26.3. The zero-order valence-electron chi connectivity index (χ0n) is 13.4. The fourth-order valence-electron chi connectivity index (χ4n) is 3.70. The Morgan fingerprint density at radius 1 is 1.25 bits per heavy atom. The molecule has 4 rings (SSSR count). The lowest BCUT2D eigenvalue weighted by molar-refractivity contribution is 0.0173. The molecule has 1 aromatic carbocycles. The van der Waals surface area contributed by atoms with Gasteiger partial charge in [0.2, 0.25) is 0 Å². The van der Waals surface area contributed by atoms with E-state index in [9.17, 15) is 9.18 Å². The average molecular weight is 327 g/mol. The predicted molar refractivity (Wildman–Crippen MR) is 86.9 cm³/mol. The molecule has 2 saturated heterocycles. The summed E-state index contributed by atoms with van der Waals surface area (Å²) < 4.78 is 14.3. The van der Waals surface area contributed by atoms with Crippen molar-refractivity contribution >= 4 is 11.7 Å². The lowest BCUT2D eigenvalue weighted by atomic mass is 9.80. The third-order valence-corrected chi connectivity index (χ3v) is 4.93. The van der Waals surface area contributed by atoms with Crippen LogP contribution in [-0.4, -0.2) is 38.0 Å². The number of piperidine rings is 1. The molecule has 24 heavy (non-hydrogen) atoms. The predicted octanol–water partition coefficient (Wildman–Crippen LogP) is 3.14. The van der Waals surface area contributed by atoms with Crippen molar-refractivity contribution in [2.24, 2.45) is 0 Å². The standard InChI is InChI=1S/C17H18FN5O/c1-10-5-14(18)15(7-13(10)16-20-8-19-9-21-16)22-17(24)23-11-3-2-4-12(23)6-11/h5,7-9,11-12H,2-4,6H2,1H3,(H,22,24). The van der Waals surface area contributed by atoms with Gasteiger partial charge in [0.1, 0.15) is 18.5 Å². The van der Waals surface area contributed by atoms with Crippen LogP contribution in [0.1, 0.15) is 31.2 Å². The summed E-state index contributed by atoms with van der Waals surface area (Å²) in [7, 11) is 0. The first-order chi connectivity index (χ1) is 11.6. The van der Waals surface area contributed by atoms with Crippen molar-refractivity contribution in [2.75, 3.05) is 5.32 Å². The average Bonchev–Trinajstić information content (AvgIpc) is 2.58. The van der Waals surface area contributed by atoms with Gasteiger partial charge in [-0.05, 0) is 50.3 Å². The van der Waals surface area contributed by atoms with Crippen LogP contribution in [0.3, 0.4) is 0 Å². The van der Waals surface area contributed by atoms with Gasteiger partial charge in [0.15, 0.2) is 5.82 Å². The lowest BCUT2D eigenvalue weighted by Gasteiger charge is -2.52. The van der Waals surface area contributed by atoms with E-state index in [-0.39, 0.29) is 11.7 Å². The summed E-state index contributed by atoms with van der Waals surface area (Å²) >= 11 is 0. The molecule has 2 aliphatic rings. The summed E-state index contributed by atoms with van der Waals surface area (Å²) in [5, 5.41) is 2.72. The van der Waals surface area contributed by atoms with Crippen LogP contribution in [0.5, 0.6) is 0 Å². The SMILES string of the molecule is Cc1cc(F)c(NC(=O)N2C3CCCC2C3)cc1-c1ncncn1. The van der Waals surface area contributed by atoms with Crippen molar-refractivity contribution in [3.8, 4) is 11.4 Å². The largest absolute Gasteiger partial charge is 0.322 e. The molecule has 7 heteroatoms. The number of aryl methyl sites for hydroxylation is 1. The Morgan fingerprint density at radius 3 is 2.62 bits per heavy atom. The Balaban J connectivity index is 1.60. The first-order valence-corrected chi connectivity index (χ1v) is 8.15. The molecule has 3 heterocycles. The molecule has 2 bridgehead atoms. The number of hydrogen-bond acceptors (Lipinski definition) is 4. The molecular weight excluding hydrogens is 309 g/mol. The molecule has 2 amide bonds. The monoisotopic (exact) mass is 327 g/mol. The fourth-order valence-corrected chi connectivity index (χ4v) is 3.70. The lowest BCUT2D eigenvalue weighted by Crippen LogP contribution is -2.62. The van der Waals surface area contributed by atoms with E-state index >= 15 is 0 Å². The second-order valence-electron chi connectivity index (χ2n) is 6.42. The smallest absolute Gasteiger partial charge is 0.318 e. The van der Waals surface area contributed by atoms with Crippen molar-refractivity contribution < 1.29 is 9.18 Å². The van der Waals surface area contributed by atoms with Crippen LogP contribution in [-0.2, 0) is 0 Å². The molecule has 2 aromatic rings. The highest BCUT2D eigenvalue weighted by Crippen LogP contribution is 2.38. The van der Waals surface area contributed by atoms with Crippen molar-refractivity contribution in [3.63, 3.8) is 0 Å². The molecular formula is C17H18FN5O. The van der Waals surface area contributed by atoms with Crippen molar-refractivity contribution in [2.45, 2.75) is 44.7 Å². The van der Waals surface area contributed by atoms with Crippen LogP contribution in [0.25, 0.3) is 11.4 Å². The first kappa shape index (κ1) is 15.0. The van der Waals surface area contributed by atoms with Gasteiger partial charge in [0.05, 0.1) is 5.69 Å². The summed E-state index contributed by atoms with van der Waals surface area (Å²) in [6.07, 6.45) is 7.10. The maximum absolute atomic E-state index is 14.3. The second-order valence-corrected chi connectivity index (χ2v) is 6.42. The maximum atomic E-state index is 14.3. The van der Waals surface area contributed by atoms with Gasteiger partial charge < -0.3 is 10.2 Å². The van der Waals surface area contributed by atoms with Gasteiger partial charge in [-0.1, -0.05) is 0 Å². The van der Waals surface area contributed by atoms with Gasteiger partial charge in [-0.3, -0.25) is 0 Å². The van der Waals surface area contributed by atoms with Crippen LogP contribution in [0.4, 0.5) is 14.9 Å². The number of anilines is 1. The zero-order valence-corrected chi connectivity index (χ0v) is 13.4. The molecule has 2 fully saturated rings. The van der Waals surface area contributed by atoms with Crippen molar-refractivity contribution in [3.05, 3.63) is 36.2 Å². The van der Waals surface area contributed by atoms with Gasteiger partial charge in [-0.15, -0.1) is 0 Å². The molecule has 2 aliphatic heterocycles. The Hall–Kier alpha value is -2.57. The molecule has 124 valence electrons. The summed E-state index contributed by atoms with van der Waals surface area (Å²) in [6, 6.07) is 3.37. The number of hydrogen-bond donors (Lipinski definition) is 1. The summed E-state index contributed by atoms with van der Waals surface area (Å²) in [5.41, 5.74) is 1.54. The van der Waals surface area contributed by atoms with E-state index in [4.69, 9.17) is 0 Å². The van der Waals surface area contributed by atoms with Crippen molar-refractivity contribution in [1.29, 1.82) is 0 Å². The van der Waals surface area contributed by atoms with Crippen LogP contribution in [0.15, 0.2) is 24.8 Å². The molecule has 2 atom stereocenters. The Morgan fingerprint density at radius 2 is 1.96 bits per heavy atom. The Labute approximate surface area is 139 Å². The Bertz CT molecular complexity index is 768. The molecule has 6 nitrogen and oxygen atoms in total. The zero-order chi connectivity index (χ0) is 16.7. The molecule has 0 radical (unpaired) electrons. The molecule has 1 N–H and O–H groups in total. The van der Waals surface area contributed by atoms with Crippen molar-refractivity contribution in [1.82, 2.24) is 19.9 Å². The van der Waals surface area contributed by atoms with E-state index in [1.807, 2.05) is 4.90 Å². The van der Waals surface area contributed by atoms with Crippen LogP contribution in [0, 0.1) is 12.7 Å². The minimum absolute atomic E-state index is 0.158. The number of urea groups is 1. The number of nitrogens with zero attached hydrogens (tertiary/aromatic N) is 4. The normalized spacial score (nSPS) is 22.0. The Kier molecular flexibility index (Phi) is 3.63. The fraction of sp³-hybridized carbons (Fsp3) is 0.412. The van der Waals surface area contributed by atoms with E-state index in [1.54, 1.807) is 13.0 Å². The number of carbonyl (C=O) groups excluding carboxylic acids is 1. The second kappa shape index (κ2) is 5.81. The first-order valence-electron chi connectivity index (χ1n) is 8.15. The van der Waals surface area contributed by atoms with Crippen LogP contribution < -0.4 is 5.32 Å². The molecule has 1 aromatic heterocycles. The molecule has 2 unspecified atom stereocenters. The number of halogens is 1. The van der Waals surface area contributed by atoms with E-state index in [1.165, 1.54) is 25.1 Å². The number of nitrogens with one attached hydrogen (secondary N) is 1. The van der Waals surface area contributed by atoms with Crippen LogP contribution >= 0.6 is 0 Å². The topological polar surface area (TPSA) is 71.0 Å².